The number of aromatic carboxylic acids is 1. The molecule has 0 radical (unpaired) electrons. The number of hydrogen-bond acceptors (Lipinski definition) is 5. The Morgan fingerprint density at radius 2 is 2.09 bits per heavy atom. The number of halogens is 1. The van der Waals surface area contributed by atoms with Crippen LogP contribution in [0.3, 0.4) is 0 Å². The van der Waals surface area contributed by atoms with Gasteiger partial charge in [0.2, 0.25) is 0 Å². The molecule has 1 aromatic heterocycles. The van der Waals surface area contributed by atoms with E-state index in [4.69, 9.17) is 4.74 Å². The maximum absolute atomic E-state index is 14.6. The van der Waals surface area contributed by atoms with Crippen LogP contribution in [-0.2, 0) is 0 Å². The fraction of sp³-hybridized carbons (Fsp3) is 0.0625. The third kappa shape index (κ3) is 2.85. The minimum atomic E-state index is -1.12. The average Bonchev–Trinajstić information content (AvgIpc) is 2.87. The van der Waals surface area contributed by atoms with E-state index in [2.05, 4.69) is 0 Å². The maximum Gasteiger partial charge on any atom is 0.347 e. The number of phenolic OH excluding ortho intramolecular Hbond substituents is 1. The summed E-state index contributed by atoms with van der Waals surface area (Å²) >= 11 is 2.11. The Hall–Kier alpha value is -2.25. The molecule has 2 aromatic carbocycles. The van der Waals surface area contributed by atoms with Crippen molar-refractivity contribution < 1.29 is 24.1 Å². The van der Waals surface area contributed by atoms with Crippen molar-refractivity contribution in [2.24, 2.45) is 0 Å². The third-order valence-electron chi connectivity index (χ3n) is 3.17. The van der Waals surface area contributed by atoms with Crippen molar-refractivity contribution in [3.63, 3.8) is 0 Å². The molecule has 0 saturated carbocycles. The highest BCUT2D eigenvalue weighted by Gasteiger charge is 2.23. The van der Waals surface area contributed by atoms with Crippen LogP contribution in [0, 0.1) is 5.82 Å². The van der Waals surface area contributed by atoms with Crippen LogP contribution in [0.25, 0.3) is 10.1 Å². The number of rotatable bonds is 4. The Kier molecular flexibility index (Phi) is 4.14. The largest absolute Gasteiger partial charge is 0.508 e. The van der Waals surface area contributed by atoms with Crippen molar-refractivity contribution in [2.75, 3.05) is 7.11 Å². The van der Waals surface area contributed by atoms with E-state index < -0.39 is 11.8 Å². The number of thiophene rings is 1. The van der Waals surface area contributed by atoms with Crippen molar-refractivity contribution in [1.29, 1.82) is 0 Å². The molecule has 0 amide bonds. The highest BCUT2D eigenvalue weighted by atomic mass is 32.2. The van der Waals surface area contributed by atoms with Crippen LogP contribution in [0.15, 0.2) is 46.2 Å². The molecule has 0 fully saturated rings. The van der Waals surface area contributed by atoms with Crippen LogP contribution >= 0.6 is 23.1 Å². The summed E-state index contributed by atoms with van der Waals surface area (Å²) in [4.78, 5) is 12.5. The molecule has 0 unspecified atom stereocenters. The minimum absolute atomic E-state index is 0.0560. The highest BCUT2D eigenvalue weighted by Crippen LogP contribution is 2.44. The van der Waals surface area contributed by atoms with Gasteiger partial charge in [0, 0.05) is 19.9 Å². The summed E-state index contributed by atoms with van der Waals surface area (Å²) in [5.41, 5.74) is 0. The maximum atomic E-state index is 14.6. The smallest absolute Gasteiger partial charge is 0.347 e. The Bertz CT molecular complexity index is 904. The summed E-state index contributed by atoms with van der Waals surface area (Å²) in [6.45, 7) is 0. The lowest BCUT2D eigenvalue weighted by molar-refractivity contribution is 0.0699. The second-order valence-electron chi connectivity index (χ2n) is 4.62. The monoisotopic (exact) mass is 350 g/mol. The molecule has 23 heavy (non-hydrogen) atoms. The van der Waals surface area contributed by atoms with E-state index in [1.165, 1.54) is 25.3 Å². The normalized spacial score (nSPS) is 10.9. The first kappa shape index (κ1) is 15.6. The molecular weight excluding hydrogens is 339 g/mol. The first-order valence-corrected chi connectivity index (χ1v) is 8.13. The number of fused-ring (bicyclic) bond motifs is 1. The zero-order chi connectivity index (χ0) is 16.6. The summed E-state index contributed by atoms with van der Waals surface area (Å²) in [5, 5.41) is 19.2. The number of phenols is 1. The fourth-order valence-electron chi connectivity index (χ4n) is 2.17. The van der Waals surface area contributed by atoms with Gasteiger partial charge in [0.05, 0.1) is 7.11 Å². The van der Waals surface area contributed by atoms with Crippen LogP contribution in [0.5, 0.6) is 11.5 Å². The van der Waals surface area contributed by atoms with E-state index in [0.29, 0.717) is 14.5 Å². The summed E-state index contributed by atoms with van der Waals surface area (Å²) in [7, 11) is 1.36. The van der Waals surface area contributed by atoms with Gasteiger partial charge in [-0.25, -0.2) is 9.18 Å². The Balaban J connectivity index is 2.23. The molecule has 0 aliphatic heterocycles. The standard InChI is InChI=1S/C16H11FO4S2/c1-21-10-5-6-11-12(13(10)17)14(15(23-11)16(19)20)22-9-4-2-3-8(18)7-9/h2-7,18H,1H3,(H,19,20). The summed E-state index contributed by atoms with van der Waals surface area (Å²) in [5.74, 6) is -1.59. The molecule has 3 rings (SSSR count). The molecule has 0 bridgehead atoms. The SMILES string of the molecule is COc1ccc2sc(C(=O)O)c(Sc3cccc(O)c3)c2c1F. The first-order valence-electron chi connectivity index (χ1n) is 6.50. The predicted molar refractivity (Wildman–Crippen MR) is 87.5 cm³/mol. The van der Waals surface area contributed by atoms with Crippen LogP contribution in [0.4, 0.5) is 4.39 Å². The quantitative estimate of drug-likeness (QED) is 0.719. The van der Waals surface area contributed by atoms with Crippen molar-refractivity contribution in [2.45, 2.75) is 9.79 Å². The Labute approximate surface area is 139 Å². The number of carbonyl (C=O) groups is 1. The van der Waals surface area contributed by atoms with Gasteiger partial charge in [0.15, 0.2) is 11.6 Å². The molecule has 118 valence electrons. The zero-order valence-corrected chi connectivity index (χ0v) is 13.5. The van der Waals surface area contributed by atoms with Crippen LogP contribution in [-0.4, -0.2) is 23.3 Å². The number of aromatic hydroxyl groups is 1. The Morgan fingerprint density at radius 3 is 2.74 bits per heavy atom. The highest BCUT2D eigenvalue weighted by molar-refractivity contribution is 7.99. The second-order valence-corrected chi connectivity index (χ2v) is 6.76. The van der Waals surface area contributed by atoms with Crippen molar-refractivity contribution in [1.82, 2.24) is 0 Å². The lowest BCUT2D eigenvalue weighted by Gasteiger charge is -2.06. The number of benzene rings is 2. The van der Waals surface area contributed by atoms with Gasteiger partial charge in [-0.15, -0.1) is 11.3 Å². The lowest BCUT2D eigenvalue weighted by Crippen LogP contribution is -1.94. The Morgan fingerprint density at radius 1 is 1.30 bits per heavy atom. The summed E-state index contributed by atoms with van der Waals surface area (Å²) in [6, 6.07) is 9.49. The molecule has 1 heterocycles. The summed E-state index contributed by atoms with van der Waals surface area (Å²) in [6.07, 6.45) is 0. The number of carboxylic acid groups (broad SMARTS) is 1. The average molecular weight is 350 g/mol. The van der Waals surface area contributed by atoms with Crippen molar-refractivity contribution >= 4 is 39.2 Å². The van der Waals surface area contributed by atoms with E-state index in [0.717, 1.165) is 23.1 Å². The second kappa shape index (κ2) is 6.10. The van der Waals surface area contributed by atoms with Crippen LogP contribution in [0.2, 0.25) is 0 Å². The van der Waals surface area contributed by atoms with Gasteiger partial charge < -0.3 is 14.9 Å². The van der Waals surface area contributed by atoms with Crippen LogP contribution < -0.4 is 4.74 Å². The molecule has 0 atom stereocenters. The van der Waals surface area contributed by atoms with E-state index >= 15 is 0 Å². The molecule has 0 aliphatic carbocycles. The van der Waals surface area contributed by atoms with Crippen molar-refractivity contribution in [3.8, 4) is 11.5 Å². The topological polar surface area (TPSA) is 66.8 Å². The number of carboxylic acids is 1. The molecule has 2 N–H and O–H groups in total. The van der Waals surface area contributed by atoms with Crippen LogP contribution in [0.1, 0.15) is 9.67 Å². The first-order chi connectivity index (χ1) is 11.0. The molecule has 0 saturated heterocycles. The molecule has 7 heteroatoms. The number of ether oxygens (including phenoxy) is 1. The predicted octanol–water partition coefficient (Wildman–Crippen LogP) is 4.60. The molecule has 4 nitrogen and oxygen atoms in total. The van der Waals surface area contributed by atoms with E-state index in [9.17, 15) is 19.4 Å². The lowest BCUT2D eigenvalue weighted by atomic mass is 10.2. The van der Waals surface area contributed by atoms with Gasteiger partial charge in [-0.05, 0) is 30.3 Å². The number of hydrogen-bond donors (Lipinski definition) is 2. The van der Waals surface area contributed by atoms with Crippen molar-refractivity contribution in [3.05, 3.63) is 47.1 Å². The van der Waals surface area contributed by atoms with Gasteiger partial charge in [-0.2, -0.15) is 0 Å². The van der Waals surface area contributed by atoms with Gasteiger partial charge in [0.1, 0.15) is 10.6 Å². The van der Waals surface area contributed by atoms with Gasteiger partial charge in [0.25, 0.3) is 0 Å². The minimum Gasteiger partial charge on any atom is -0.508 e. The third-order valence-corrected chi connectivity index (χ3v) is 5.54. The molecule has 3 aromatic rings. The van der Waals surface area contributed by atoms with Gasteiger partial charge >= 0.3 is 5.97 Å². The fourth-order valence-corrected chi connectivity index (χ4v) is 4.46. The van der Waals surface area contributed by atoms with E-state index in [-0.39, 0.29) is 21.8 Å². The number of methoxy groups -OCH3 is 1. The molecule has 0 aliphatic rings. The van der Waals surface area contributed by atoms with Gasteiger partial charge in [-0.3, -0.25) is 0 Å². The molecule has 0 spiro atoms. The van der Waals surface area contributed by atoms with Gasteiger partial charge in [-0.1, -0.05) is 17.8 Å². The zero-order valence-electron chi connectivity index (χ0n) is 11.9. The van der Waals surface area contributed by atoms with E-state index in [1.807, 2.05) is 0 Å². The summed E-state index contributed by atoms with van der Waals surface area (Å²) < 4.78 is 20.1. The molecular formula is C16H11FO4S2. The van der Waals surface area contributed by atoms with E-state index in [1.54, 1.807) is 18.2 Å².